The highest BCUT2D eigenvalue weighted by Crippen LogP contribution is 2.34. The minimum Gasteiger partial charge on any atom is -0.507 e. The molecule has 0 heterocycles. The first kappa shape index (κ1) is 19.2. The molecule has 0 bridgehead atoms. The maximum atomic E-state index is 12.3. The number of aromatic hydroxyl groups is 1. The lowest BCUT2D eigenvalue weighted by molar-refractivity contribution is -0.385. The zero-order valence-corrected chi connectivity index (χ0v) is 14.4. The van der Waals surface area contributed by atoms with Crippen LogP contribution in [0.1, 0.15) is 15.9 Å². The molecule has 0 aliphatic rings. The zero-order chi connectivity index (χ0) is 19.5. The van der Waals surface area contributed by atoms with Gasteiger partial charge in [-0.25, -0.2) is 13.2 Å². The number of benzene rings is 2. The third kappa shape index (κ3) is 4.09. The highest BCUT2D eigenvalue weighted by Gasteiger charge is 2.24. The summed E-state index contributed by atoms with van der Waals surface area (Å²) in [7, 11) is -3.68. The Hall–Kier alpha value is -3.14. The zero-order valence-electron chi connectivity index (χ0n) is 13.6. The molecule has 0 amide bonds. The summed E-state index contributed by atoms with van der Waals surface area (Å²) < 4.78 is 29.8. The summed E-state index contributed by atoms with van der Waals surface area (Å²) >= 11 is 0. The number of carboxylic acid groups (broad SMARTS) is 1. The molecule has 0 aliphatic carbocycles. The first-order valence-corrected chi connectivity index (χ1v) is 8.94. The third-order valence-corrected chi connectivity index (χ3v) is 5.37. The van der Waals surface area contributed by atoms with Crippen LogP contribution in [0.25, 0.3) is 0 Å². The molecular formula is C16H15NO8S. The molecule has 138 valence electrons. The van der Waals surface area contributed by atoms with Gasteiger partial charge in [0.05, 0.1) is 15.6 Å². The number of nitro groups is 1. The molecule has 0 atom stereocenters. The number of rotatable bonds is 7. The number of nitro benzene ring substituents is 1. The second-order valence-electron chi connectivity index (χ2n) is 5.33. The smallest absolute Gasteiger partial charge is 0.339 e. The lowest BCUT2D eigenvalue weighted by Gasteiger charge is -2.10. The Kier molecular flexibility index (Phi) is 5.46. The van der Waals surface area contributed by atoms with Crippen molar-refractivity contribution in [1.82, 2.24) is 0 Å². The van der Waals surface area contributed by atoms with E-state index in [1.807, 2.05) is 0 Å². The fraction of sp³-hybridized carbons (Fsp3) is 0.188. The SMILES string of the molecule is Cc1ccccc1S(=O)(=O)CCOc1cc(O)c(C(=O)O)cc1[N+](=O)[O-]. The highest BCUT2D eigenvalue weighted by atomic mass is 32.2. The molecule has 2 aromatic carbocycles. The van der Waals surface area contributed by atoms with E-state index in [1.165, 1.54) is 6.07 Å². The number of carboxylic acids is 1. The standard InChI is InChI=1S/C16H15NO8S/c1-10-4-2-3-5-15(10)26(23,24)7-6-25-14-9-13(18)11(16(19)20)8-12(14)17(21)22/h2-5,8-9,18H,6-7H2,1H3,(H,19,20). The molecule has 0 aliphatic heterocycles. The topological polar surface area (TPSA) is 144 Å². The molecule has 0 fully saturated rings. The van der Waals surface area contributed by atoms with E-state index in [0.717, 1.165) is 6.07 Å². The van der Waals surface area contributed by atoms with Gasteiger partial charge in [0.2, 0.25) is 5.75 Å². The van der Waals surface area contributed by atoms with Crippen molar-refractivity contribution in [3.63, 3.8) is 0 Å². The number of hydrogen-bond donors (Lipinski definition) is 2. The van der Waals surface area contributed by atoms with Crippen LogP contribution in [0.15, 0.2) is 41.3 Å². The van der Waals surface area contributed by atoms with Crippen molar-refractivity contribution in [1.29, 1.82) is 0 Å². The number of phenols is 1. The number of aromatic carboxylic acids is 1. The van der Waals surface area contributed by atoms with E-state index in [0.29, 0.717) is 11.6 Å². The minimum atomic E-state index is -3.68. The molecule has 9 nitrogen and oxygen atoms in total. The summed E-state index contributed by atoms with van der Waals surface area (Å²) in [4.78, 5) is 21.3. The summed E-state index contributed by atoms with van der Waals surface area (Å²) in [6, 6.07) is 7.79. The Balaban J connectivity index is 2.22. The maximum absolute atomic E-state index is 12.3. The Labute approximate surface area is 148 Å². The van der Waals surface area contributed by atoms with Crippen molar-refractivity contribution >= 4 is 21.5 Å². The fourth-order valence-corrected chi connectivity index (χ4v) is 3.63. The Bertz CT molecular complexity index is 968. The minimum absolute atomic E-state index is 0.127. The van der Waals surface area contributed by atoms with Crippen molar-refractivity contribution in [3.05, 3.63) is 57.6 Å². The molecule has 2 aromatic rings. The van der Waals surface area contributed by atoms with Crippen molar-refractivity contribution in [2.75, 3.05) is 12.4 Å². The lowest BCUT2D eigenvalue weighted by atomic mass is 10.1. The van der Waals surface area contributed by atoms with Crippen LogP contribution in [0.2, 0.25) is 0 Å². The maximum Gasteiger partial charge on any atom is 0.339 e. The lowest BCUT2D eigenvalue weighted by Crippen LogP contribution is -2.15. The van der Waals surface area contributed by atoms with E-state index >= 15 is 0 Å². The van der Waals surface area contributed by atoms with Crippen LogP contribution in [0.4, 0.5) is 5.69 Å². The first-order valence-electron chi connectivity index (χ1n) is 7.29. The summed E-state index contributed by atoms with van der Waals surface area (Å²) in [5.74, 6) is -3.13. The van der Waals surface area contributed by atoms with Crippen LogP contribution < -0.4 is 4.74 Å². The Morgan fingerprint density at radius 1 is 1.27 bits per heavy atom. The van der Waals surface area contributed by atoms with E-state index in [1.54, 1.807) is 25.1 Å². The van der Waals surface area contributed by atoms with Gasteiger partial charge < -0.3 is 14.9 Å². The van der Waals surface area contributed by atoms with Gasteiger partial charge in [-0.15, -0.1) is 0 Å². The average molecular weight is 381 g/mol. The van der Waals surface area contributed by atoms with Crippen LogP contribution in [0.3, 0.4) is 0 Å². The van der Waals surface area contributed by atoms with Crippen LogP contribution in [-0.4, -0.2) is 41.9 Å². The molecule has 0 unspecified atom stereocenters. The second kappa shape index (κ2) is 7.40. The van der Waals surface area contributed by atoms with Gasteiger partial charge in [0.1, 0.15) is 17.9 Å². The molecule has 10 heteroatoms. The van der Waals surface area contributed by atoms with E-state index in [2.05, 4.69) is 0 Å². The molecule has 0 saturated heterocycles. The molecule has 0 radical (unpaired) electrons. The highest BCUT2D eigenvalue weighted by molar-refractivity contribution is 7.91. The number of nitrogens with zero attached hydrogens (tertiary/aromatic N) is 1. The van der Waals surface area contributed by atoms with Crippen LogP contribution in [0, 0.1) is 17.0 Å². The van der Waals surface area contributed by atoms with Gasteiger partial charge in [0, 0.05) is 12.1 Å². The van der Waals surface area contributed by atoms with Crippen molar-refractivity contribution < 1.29 is 33.1 Å². The van der Waals surface area contributed by atoms with Crippen molar-refractivity contribution in [3.8, 4) is 11.5 Å². The van der Waals surface area contributed by atoms with Gasteiger partial charge in [-0.2, -0.15) is 0 Å². The number of carbonyl (C=O) groups is 1. The normalized spacial score (nSPS) is 11.1. The van der Waals surface area contributed by atoms with Gasteiger partial charge in [0.25, 0.3) is 0 Å². The summed E-state index contributed by atoms with van der Waals surface area (Å²) in [5, 5.41) is 29.6. The average Bonchev–Trinajstić information content (AvgIpc) is 2.54. The summed E-state index contributed by atoms with van der Waals surface area (Å²) in [6.45, 7) is 1.23. The molecular weight excluding hydrogens is 366 g/mol. The Morgan fingerprint density at radius 3 is 2.50 bits per heavy atom. The summed E-state index contributed by atoms with van der Waals surface area (Å²) in [6.07, 6.45) is 0. The first-order chi connectivity index (χ1) is 12.1. The number of sulfone groups is 1. The van der Waals surface area contributed by atoms with Gasteiger partial charge >= 0.3 is 11.7 Å². The van der Waals surface area contributed by atoms with Crippen molar-refractivity contribution in [2.45, 2.75) is 11.8 Å². The predicted molar refractivity (Wildman–Crippen MR) is 90.4 cm³/mol. The second-order valence-corrected chi connectivity index (χ2v) is 7.41. The molecule has 2 rings (SSSR count). The summed E-state index contributed by atoms with van der Waals surface area (Å²) in [5.41, 5.74) is -0.785. The van der Waals surface area contributed by atoms with E-state index < -0.39 is 55.8 Å². The number of ether oxygens (including phenoxy) is 1. The molecule has 0 spiro atoms. The van der Waals surface area contributed by atoms with Crippen LogP contribution in [-0.2, 0) is 9.84 Å². The molecule has 0 saturated carbocycles. The van der Waals surface area contributed by atoms with Gasteiger partial charge in [-0.05, 0) is 18.6 Å². The van der Waals surface area contributed by atoms with Crippen molar-refractivity contribution in [2.24, 2.45) is 0 Å². The quantitative estimate of drug-likeness (QED) is 0.548. The van der Waals surface area contributed by atoms with Crippen LogP contribution >= 0.6 is 0 Å². The number of hydrogen-bond acceptors (Lipinski definition) is 7. The van der Waals surface area contributed by atoms with E-state index in [4.69, 9.17) is 9.84 Å². The molecule has 26 heavy (non-hydrogen) atoms. The van der Waals surface area contributed by atoms with E-state index in [-0.39, 0.29) is 4.90 Å². The van der Waals surface area contributed by atoms with Gasteiger partial charge in [-0.3, -0.25) is 10.1 Å². The van der Waals surface area contributed by atoms with Crippen LogP contribution in [0.5, 0.6) is 11.5 Å². The monoisotopic (exact) mass is 381 g/mol. The predicted octanol–water partition coefficient (Wildman–Crippen LogP) is 2.16. The Morgan fingerprint density at radius 2 is 1.92 bits per heavy atom. The molecule has 0 aromatic heterocycles. The fourth-order valence-electron chi connectivity index (χ4n) is 2.26. The largest absolute Gasteiger partial charge is 0.507 e. The number of aryl methyl sites for hydroxylation is 1. The van der Waals surface area contributed by atoms with Gasteiger partial charge in [0.15, 0.2) is 9.84 Å². The van der Waals surface area contributed by atoms with Gasteiger partial charge in [-0.1, -0.05) is 18.2 Å². The third-order valence-electron chi connectivity index (χ3n) is 3.54. The van der Waals surface area contributed by atoms with E-state index in [9.17, 15) is 28.4 Å². The molecule has 2 N–H and O–H groups in total.